The Morgan fingerprint density at radius 2 is 1.68 bits per heavy atom. The van der Waals surface area contributed by atoms with Crippen molar-refractivity contribution in [3.05, 3.63) is 53.6 Å². The number of benzene rings is 2. The van der Waals surface area contributed by atoms with Gasteiger partial charge in [-0.05, 0) is 89.9 Å². The first-order chi connectivity index (χ1) is 18.9. The van der Waals surface area contributed by atoms with E-state index in [1.54, 1.807) is 70.2 Å². The third-order valence-corrected chi connectivity index (χ3v) is 5.28. The van der Waals surface area contributed by atoms with Gasteiger partial charge in [0.15, 0.2) is 6.04 Å². The zero-order valence-electron chi connectivity index (χ0n) is 23.7. The molecule has 0 aliphatic carbocycles. The molecule has 1 atom stereocenters. The molecule has 1 unspecified atom stereocenters. The maximum Gasteiger partial charge on any atom is 0.413 e. The molecule has 0 aliphatic rings. The standard InChI is InChI=1S/C29H39N3O8/c1-6-37-21-15-16-23(39-17-9-8-10-24(33)34)22(18-21)25(27(35)38-7-2)31-20-13-11-19(12-14-20)26(30)32-28(36)40-29(3,4)5/h11-16,18,25,31H,6-10,17H2,1-5H3,(H,33,34)(H2,30,32,36). The van der Waals surface area contributed by atoms with Crippen LogP contribution in [-0.2, 0) is 19.1 Å². The van der Waals surface area contributed by atoms with E-state index in [-0.39, 0.29) is 25.5 Å². The number of ether oxygens (including phenoxy) is 4. The van der Waals surface area contributed by atoms with Crippen LogP contribution in [0.2, 0.25) is 0 Å². The van der Waals surface area contributed by atoms with Crippen LogP contribution in [-0.4, -0.2) is 54.4 Å². The number of amidine groups is 1. The van der Waals surface area contributed by atoms with Crippen LogP contribution in [0, 0.1) is 5.41 Å². The van der Waals surface area contributed by atoms with Crippen LogP contribution in [0.1, 0.15) is 71.0 Å². The van der Waals surface area contributed by atoms with Gasteiger partial charge in [-0.2, -0.15) is 0 Å². The SMILES string of the molecule is CCOC(=O)C(Nc1ccc(C(=N)NC(=O)OC(C)(C)C)cc1)c1cc(OCC)ccc1OCCCCC(=O)O. The molecule has 0 aliphatic heterocycles. The molecule has 1 amide bonds. The number of nitrogens with one attached hydrogen (secondary N) is 3. The fourth-order valence-corrected chi connectivity index (χ4v) is 3.57. The fourth-order valence-electron chi connectivity index (χ4n) is 3.57. The number of carboxylic acid groups (broad SMARTS) is 1. The number of hydrogen-bond acceptors (Lipinski definition) is 9. The molecule has 4 N–H and O–H groups in total. The summed E-state index contributed by atoms with van der Waals surface area (Å²) in [4.78, 5) is 35.9. The average molecular weight is 558 g/mol. The van der Waals surface area contributed by atoms with Crippen LogP contribution in [0.4, 0.5) is 10.5 Å². The number of hydrogen-bond donors (Lipinski definition) is 4. The first-order valence-electron chi connectivity index (χ1n) is 13.2. The summed E-state index contributed by atoms with van der Waals surface area (Å²) in [6.07, 6.45) is 0.312. The molecule has 218 valence electrons. The molecular formula is C29H39N3O8. The molecule has 0 fully saturated rings. The molecule has 0 saturated carbocycles. The van der Waals surface area contributed by atoms with Gasteiger partial charge in [0, 0.05) is 23.2 Å². The van der Waals surface area contributed by atoms with Crippen molar-refractivity contribution < 1.29 is 38.4 Å². The van der Waals surface area contributed by atoms with Crippen LogP contribution in [0.5, 0.6) is 11.5 Å². The van der Waals surface area contributed by atoms with Crippen LogP contribution >= 0.6 is 0 Å². The third-order valence-electron chi connectivity index (χ3n) is 5.28. The van der Waals surface area contributed by atoms with E-state index in [1.165, 1.54) is 0 Å². The predicted octanol–water partition coefficient (Wildman–Crippen LogP) is 5.29. The van der Waals surface area contributed by atoms with E-state index < -0.39 is 29.7 Å². The Morgan fingerprint density at radius 3 is 2.27 bits per heavy atom. The van der Waals surface area contributed by atoms with E-state index in [0.717, 1.165) is 0 Å². The minimum atomic E-state index is -0.959. The highest BCUT2D eigenvalue weighted by atomic mass is 16.6. The van der Waals surface area contributed by atoms with Crippen molar-refractivity contribution in [3.8, 4) is 11.5 Å². The summed E-state index contributed by atoms with van der Waals surface area (Å²) in [6.45, 7) is 9.63. The van der Waals surface area contributed by atoms with Gasteiger partial charge in [-0.25, -0.2) is 9.59 Å². The van der Waals surface area contributed by atoms with E-state index in [9.17, 15) is 14.4 Å². The zero-order chi connectivity index (χ0) is 29.7. The number of esters is 1. The maximum absolute atomic E-state index is 13.1. The first-order valence-corrected chi connectivity index (χ1v) is 13.2. The Labute approximate surface area is 234 Å². The number of unbranched alkanes of at least 4 members (excludes halogenated alkanes) is 1. The van der Waals surface area contributed by atoms with Gasteiger partial charge < -0.3 is 29.4 Å². The van der Waals surface area contributed by atoms with Crippen molar-refractivity contribution in [2.45, 2.75) is 65.5 Å². The Bertz CT molecular complexity index is 1160. The Morgan fingerprint density at radius 1 is 0.975 bits per heavy atom. The second-order valence-electron chi connectivity index (χ2n) is 9.74. The molecule has 11 heteroatoms. The number of carbonyl (C=O) groups is 3. The molecule has 0 aromatic heterocycles. The molecule has 0 radical (unpaired) electrons. The summed E-state index contributed by atoms with van der Waals surface area (Å²) in [7, 11) is 0. The number of alkyl carbamates (subject to hydrolysis) is 1. The molecule has 40 heavy (non-hydrogen) atoms. The Balaban J connectivity index is 2.27. The predicted molar refractivity (Wildman–Crippen MR) is 150 cm³/mol. The van der Waals surface area contributed by atoms with Crippen molar-refractivity contribution in [2.75, 3.05) is 25.1 Å². The summed E-state index contributed by atoms with van der Waals surface area (Å²) in [5, 5.41) is 22.6. The maximum atomic E-state index is 13.1. The van der Waals surface area contributed by atoms with Gasteiger partial charge in [-0.15, -0.1) is 0 Å². The highest BCUT2D eigenvalue weighted by molar-refractivity contribution is 6.04. The van der Waals surface area contributed by atoms with Crippen molar-refractivity contribution in [2.24, 2.45) is 0 Å². The van der Waals surface area contributed by atoms with Gasteiger partial charge in [-0.1, -0.05) is 0 Å². The van der Waals surface area contributed by atoms with Gasteiger partial charge in [0.2, 0.25) is 0 Å². The van der Waals surface area contributed by atoms with Crippen molar-refractivity contribution in [1.29, 1.82) is 5.41 Å². The van der Waals surface area contributed by atoms with E-state index in [1.807, 2.05) is 6.92 Å². The zero-order valence-corrected chi connectivity index (χ0v) is 23.7. The van der Waals surface area contributed by atoms with Crippen molar-refractivity contribution in [1.82, 2.24) is 5.32 Å². The topological polar surface area (TPSA) is 156 Å². The van der Waals surface area contributed by atoms with Gasteiger partial charge in [0.25, 0.3) is 0 Å². The number of carboxylic acids is 1. The summed E-state index contributed by atoms with van der Waals surface area (Å²) in [5.41, 5.74) is 0.792. The highest BCUT2D eigenvalue weighted by Crippen LogP contribution is 2.33. The molecule has 2 rings (SSSR count). The molecule has 0 saturated heterocycles. The second kappa shape index (κ2) is 15.3. The first kappa shape index (κ1) is 31.9. The van der Waals surface area contributed by atoms with Crippen LogP contribution in [0.15, 0.2) is 42.5 Å². The number of carbonyl (C=O) groups excluding carboxylic acids is 2. The fraction of sp³-hybridized carbons (Fsp3) is 0.448. The second-order valence-corrected chi connectivity index (χ2v) is 9.74. The van der Waals surface area contributed by atoms with Gasteiger partial charge in [0.1, 0.15) is 22.9 Å². The number of anilines is 1. The van der Waals surface area contributed by atoms with Gasteiger partial charge in [-0.3, -0.25) is 15.5 Å². The number of rotatable bonds is 14. The molecule has 0 heterocycles. The summed E-state index contributed by atoms with van der Waals surface area (Å²) >= 11 is 0. The van der Waals surface area contributed by atoms with Gasteiger partial charge in [0.05, 0.1) is 19.8 Å². The smallest absolute Gasteiger partial charge is 0.413 e. The molecule has 0 spiro atoms. The molecule has 11 nitrogen and oxygen atoms in total. The van der Waals surface area contributed by atoms with Crippen LogP contribution < -0.4 is 20.1 Å². The quantitative estimate of drug-likeness (QED) is 0.105. The number of amides is 1. The van der Waals surface area contributed by atoms with Crippen molar-refractivity contribution in [3.63, 3.8) is 0 Å². The minimum Gasteiger partial charge on any atom is -0.494 e. The lowest BCUT2D eigenvalue weighted by Crippen LogP contribution is -2.36. The summed E-state index contributed by atoms with van der Waals surface area (Å²) in [5.74, 6) is -0.552. The van der Waals surface area contributed by atoms with Gasteiger partial charge >= 0.3 is 18.0 Å². The molecule has 0 bridgehead atoms. The normalized spacial score (nSPS) is 11.6. The van der Waals surface area contributed by atoms with E-state index in [0.29, 0.717) is 47.8 Å². The lowest BCUT2D eigenvalue weighted by Gasteiger charge is -2.22. The lowest BCUT2D eigenvalue weighted by molar-refractivity contribution is -0.144. The van der Waals surface area contributed by atoms with E-state index in [4.69, 9.17) is 29.5 Å². The number of aliphatic carboxylic acids is 1. The van der Waals surface area contributed by atoms with E-state index in [2.05, 4.69) is 10.6 Å². The molecular weight excluding hydrogens is 518 g/mol. The summed E-state index contributed by atoms with van der Waals surface area (Å²) < 4.78 is 22.1. The monoisotopic (exact) mass is 557 g/mol. The molecule has 2 aromatic rings. The molecule has 2 aromatic carbocycles. The van der Waals surface area contributed by atoms with E-state index >= 15 is 0 Å². The third kappa shape index (κ3) is 10.8. The highest BCUT2D eigenvalue weighted by Gasteiger charge is 2.27. The lowest BCUT2D eigenvalue weighted by atomic mass is 10.0. The van der Waals surface area contributed by atoms with Crippen LogP contribution in [0.3, 0.4) is 0 Å². The summed E-state index contributed by atoms with van der Waals surface area (Å²) in [6, 6.07) is 10.8. The minimum absolute atomic E-state index is 0.0489. The Hall–Kier alpha value is -4.28. The Kier molecular flexibility index (Phi) is 12.3. The van der Waals surface area contributed by atoms with Crippen LogP contribution in [0.25, 0.3) is 0 Å². The average Bonchev–Trinajstić information content (AvgIpc) is 2.87. The van der Waals surface area contributed by atoms with Crippen molar-refractivity contribution >= 4 is 29.6 Å². The largest absolute Gasteiger partial charge is 0.494 e.